The first-order valence-electron chi connectivity index (χ1n) is 32.8. The summed E-state index contributed by atoms with van der Waals surface area (Å²) in [6.07, 6.45) is 0.520. The van der Waals surface area contributed by atoms with Crippen LogP contribution in [-0.2, 0) is 73.5 Å². The van der Waals surface area contributed by atoms with Crippen molar-refractivity contribution in [2.45, 2.75) is 211 Å². The molecule has 13 atom stereocenters. The van der Waals surface area contributed by atoms with Crippen LogP contribution in [0.3, 0.4) is 0 Å². The van der Waals surface area contributed by atoms with Crippen LogP contribution < -0.4 is 76.1 Å². The number of para-hydroxylation sites is 1. The smallest absolute Gasteiger partial charge is 0.326 e. The Morgan fingerprint density at radius 1 is 0.639 bits per heavy atom. The van der Waals surface area contributed by atoms with Crippen molar-refractivity contribution in [2.24, 2.45) is 40.7 Å². The first-order chi connectivity index (χ1) is 45.8. The number of carbonyl (C=O) groups is 14. The van der Waals surface area contributed by atoms with E-state index in [0.29, 0.717) is 42.1 Å². The number of aromatic nitrogens is 1. The number of H-pyrrole nitrogens is 1. The average Bonchev–Trinajstić information content (AvgIpc) is 1.74. The largest absolute Gasteiger partial charge is 0.481 e. The van der Waals surface area contributed by atoms with Gasteiger partial charge in [-0.15, -0.1) is 0 Å². The van der Waals surface area contributed by atoms with E-state index in [0.717, 1.165) is 0 Å². The monoisotopic (exact) mass is 1390 g/mol. The van der Waals surface area contributed by atoms with Gasteiger partial charge < -0.3 is 101 Å². The number of unbranched alkanes of at least 4 members (excludes halogenated alkanes) is 2. The van der Waals surface area contributed by atoms with Crippen molar-refractivity contribution in [3.05, 3.63) is 36.0 Å². The number of nitrogens with one attached hydrogen (secondary N) is 11. The van der Waals surface area contributed by atoms with E-state index in [1.807, 2.05) is 0 Å². The minimum Gasteiger partial charge on any atom is -0.481 e. The zero-order valence-corrected chi connectivity index (χ0v) is 57.1. The lowest BCUT2D eigenvalue weighted by Gasteiger charge is -2.30. The van der Waals surface area contributed by atoms with Gasteiger partial charge in [0.05, 0.1) is 25.1 Å². The van der Waals surface area contributed by atoms with Gasteiger partial charge in [-0.2, -0.15) is 12.6 Å². The molecule has 542 valence electrons. The zero-order valence-electron chi connectivity index (χ0n) is 56.2. The average molecular weight is 1390 g/mol. The third kappa shape index (κ3) is 27.2. The summed E-state index contributed by atoms with van der Waals surface area (Å²) in [4.78, 5) is 193. The summed E-state index contributed by atoms with van der Waals surface area (Å²) in [5, 5.41) is 56.2. The van der Waals surface area contributed by atoms with E-state index >= 15 is 0 Å². The molecule has 0 aliphatic carbocycles. The van der Waals surface area contributed by atoms with E-state index in [1.54, 1.807) is 72.0 Å². The quantitative estimate of drug-likeness (QED) is 0.0228. The Morgan fingerprint density at radius 3 is 1.72 bits per heavy atom. The van der Waals surface area contributed by atoms with Crippen LogP contribution in [0.15, 0.2) is 30.5 Å². The van der Waals surface area contributed by atoms with Crippen LogP contribution in [0.2, 0.25) is 0 Å². The molecule has 2 aromatic rings. The normalized spacial score (nSPS) is 16.6. The van der Waals surface area contributed by atoms with Crippen LogP contribution in [0.25, 0.3) is 10.9 Å². The molecule has 0 unspecified atom stereocenters. The lowest BCUT2D eigenvalue weighted by Crippen LogP contribution is -2.62. The summed E-state index contributed by atoms with van der Waals surface area (Å²) in [6.45, 7) is 11.0. The summed E-state index contributed by atoms with van der Waals surface area (Å²) in [5.74, 6) is -15.0. The number of fused-ring (bicyclic) bond motifs is 1. The van der Waals surface area contributed by atoms with E-state index in [1.165, 1.54) is 11.8 Å². The molecule has 33 nitrogen and oxygen atoms in total. The van der Waals surface area contributed by atoms with Gasteiger partial charge in [-0.3, -0.25) is 62.3 Å². The van der Waals surface area contributed by atoms with Gasteiger partial charge >= 0.3 is 11.9 Å². The fourth-order valence-electron chi connectivity index (χ4n) is 10.8. The molecule has 1 saturated heterocycles. The number of aliphatic carboxylic acids is 2. The van der Waals surface area contributed by atoms with Crippen molar-refractivity contribution in [2.75, 3.05) is 31.9 Å². The number of carbonyl (C=O) groups excluding carboxylic acids is 12. The number of rotatable bonds is 44. The van der Waals surface area contributed by atoms with Crippen LogP contribution in [0.5, 0.6) is 0 Å². The third-order valence-corrected chi connectivity index (χ3v) is 16.8. The van der Waals surface area contributed by atoms with Gasteiger partial charge in [-0.1, -0.05) is 66.2 Å². The number of nitrogens with two attached hydrogens (primary N) is 4. The molecule has 34 heteroatoms. The highest BCUT2D eigenvalue weighted by atomic mass is 32.1. The van der Waals surface area contributed by atoms with Crippen LogP contribution in [0.1, 0.15) is 138 Å². The van der Waals surface area contributed by atoms with E-state index in [2.05, 4.69) is 70.8 Å². The van der Waals surface area contributed by atoms with Gasteiger partial charge in [-0.25, -0.2) is 4.79 Å². The predicted octanol–water partition coefficient (Wildman–Crippen LogP) is -3.35. The van der Waals surface area contributed by atoms with Gasteiger partial charge in [0, 0.05) is 42.2 Å². The number of primary amides is 1. The Bertz CT molecular complexity index is 3040. The molecular formula is C63H102N16O17S. The Labute approximate surface area is 569 Å². The number of likely N-dealkylation sites (tertiary alicyclic amines) is 1. The minimum atomic E-state index is -1.71. The molecular weight excluding hydrogens is 1280 g/mol. The number of benzene rings is 1. The molecule has 22 N–H and O–H groups in total. The maximum atomic E-state index is 14.5. The predicted molar refractivity (Wildman–Crippen MR) is 359 cm³/mol. The van der Waals surface area contributed by atoms with Gasteiger partial charge in [0.2, 0.25) is 70.9 Å². The molecule has 2 heterocycles. The fourth-order valence-corrected chi connectivity index (χ4v) is 11.0. The van der Waals surface area contributed by atoms with Crippen LogP contribution in [-0.4, -0.2) is 213 Å². The highest BCUT2D eigenvalue weighted by molar-refractivity contribution is 7.80. The number of thiol groups is 1. The van der Waals surface area contributed by atoms with Crippen molar-refractivity contribution < 1.29 is 82.4 Å². The second-order valence-electron chi connectivity index (χ2n) is 25.2. The summed E-state index contributed by atoms with van der Waals surface area (Å²) in [7, 11) is 0. The molecule has 1 fully saturated rings. The number of hydrogen-bond donors (Lipinski definition) is 19. The fraction of sp³-hybridized carbons (Fsp3) is 0.651. The Hall–Kier alpha value is -8.47. The first kappa shape index (κ1) is 82.8. The van der Waals surface area contributed by atoms with Crippen molar-refractivity contribution >= 4 is 106 Å². The Kier molecular flexibility index (Phi) is 35.5. The number of aromatic amines is 1. The molecule has 1 aliphatic rings. The summed E-state index contributed by atoms with van der Waals surface area (Å²) < 4.78 is 0. The number of hydrogen-bond acceptors (Lipinski definition) is 19. The number of carboxylic acids is 2. The lowest BCUT2D eigenvalue weighted by atomic mass is 9.96. The first-order valence-corrected chi connectivity index (χ1v) is 33.4. The van der Waals surface area contributed by atoms with Crippen molar-refractivity contribution in [1.82, 2.24) is 63.1 Å². The van der Waals surface area contributed by atoms with Crippen molar-refractivity contribution in [3.8, 4) is 0 Å². The number of carboxylic acid groups (broad SMARTS) is 2. The second kappa shape index (κ2) is 41.6. The van der Waals surface area contributed by atoms with E-state index in [-0.39, 0.29) is 76.3 Å². The molecule has 1 aromatic carbocycles. The third-order valence-electron chi connectivity index (χ3n) is 16.4. The summed E-state index contributed by atoms with van der Waals surface area (Å²) in [6, 6.07) is -8.30. The maximum absolute atomic E-state index is 14.5. The molecule has 1 aliphatic heterocycles. The van der Waals surface area contributed by atoms with Crippen molar-refractivity contribution in [3.63, 3.8) is 0 Å². The van der Waals surface area contributed by atoms with Gasteiger partial charge in [0.15, 0.2) is 0 Å². The van der Waals surface area contributed by atoms with Gasteiger partial charge in [-0.05, 0) is 114 Å². The zero-order chi connectivity index (χ0) is 72.8. The molecule has 97 heavy (non-hydrogen) atoms. The van der Waals surface area contributed by atoms with E-state index < -0.39 is 193 Å². The number of nitrogens with zero attached hydrogens (tertiary/aromatic N) is 1. The summed E-state index contributed by atoms with van der Waals surface area (Å²) >= 11 is 4.22. The van der Waals surface area contributed by atoms with Crippen molar-refractivity contribution in [1.29, 1.82) is 0 Å². The number of amides is 12. The standard InChI is InChI=1S/C63H102N16O17S/c1-8-34(6)51(60(92)74-44(63(95)96)26-32(2)3)77-61(93)52(35(7)80)78-57(89)45(31-97)75-54(86)41(19-12-14-24-65)70-48(82)30-69-53(85)40(18-11-13-23-64)71-55(87)42(21-22-49(83)84)72-59(91)50(33(4)5)76-56(88)43(27-36-29-68-39-17-10-9-16-37(36)39)73-58(90)46-20-15-25-79(46)62(94)38(66)28-47(67)81/h9-10,16-17,29,32-35,38,40-46,50-52,68,80,97H,8,11-15,18-28,30-31,64-66H2,1-7H3,(H2,67,81)(H,69,85)(H,70,82)(H,71,87)(H,72,91)(H,73,90)(H,74,92)(H,75,86)(H,76,88)(H,77,93)(H,78,89)(H,83,84)(H,95,96)/t34-,35+,38-,40-,41-,42-,43-,44-,45-,46-,50-,51-,52-/m0/s1. The molecule has 0 bridgehead atoms. The second-order valence-corrected chi connectivity index (χ2v) is 25.5. The molecule has 3 rings (SSSR count). The highest BCUT2D eigenvalue weighted by Gasteiger charge is 2.41. The van der Waals surface area contributed by atoms with Crippen LogP contribution in [0, 0.1) is 17.8 Å². The molecule has 12 amide bonds. The molecule has 0 saturated carbocycles. The highest BCUT2D eigenvalue weighted by Crippen LogP contribution is 2.23. The summed E-state index contributed by atoms with van der Waals surface area (Å²) in [5.41, 5.74) is 24.0. The Morgan fingerprint density at radius 2 is 1.16 bits per heavy atom. The molecule has 1 aromatic heterocycles. The van der Waals surface area contributed by atoms with E-state index in [9.17, 15) is 82.4 Å². The van der Waals surface area contributed by atoms with Gasteiger partial charge in [0.1, 0.15) is 60.4 Å². The number of aliphatic hydroxyl groups is 1. The van der Waals surface area contributed by atoms with Gasteiger partial charge in [0.25, 0.3) is 0 Å². The maximum Gasteiger partial charge on any atom is 0.326 e. The number of aliphatic hydroxyl groups excluding tert-OH is 1. The van der Waals surface area contributed by atoms with Crippen LogP contribution in [0.4, 0.5) is 0 Å². The van der Waals surface area contributed by atoms with E-state index in [4.69, 9.17) is 22.9 Å². The Balaban J connectivity index is 1.82. The molecule has 0 radical (unpaired) electrons. The lowest BCUT2D eigenvalue weighted by molar-refractivity contribution is -0.143. The van der Waals surface area contributed by atoms with Crippen LogP contribution >= 0.6 is 12.6 Å². The molecule has 0 spiro atoms. The minimum absolute atomic E-state index is 0.0355. The topological polar surface area (TPSA) is 543 Å². The SMILES string of the molecule is CC[C@H](C)[C@H](NC(=O)[C@@H](NC(=O)[C@H](CS)NC(=O)[C@H](CCCCN)NC(=O)CNC(=O)[C@H](CCCCN)NC(=O)[C@H](CCC(=O)O)NC(=O)[C@@H](NC(=O)[C@H](Cc1c[nH]c2ccccc12)NC(=O)[C@@H]1CCCN1C(=O)[C@@H](N)CC(N)=O)C(C)C)[C@@H](C)O)C(=O)N[C@@H](CC(C)C)C(=O)O.